The van der Waals surface area contributed by atoms with Crippen LogP contribution in [0.3, 0.4) is 0 Å². The Balaban J connectivity index is 1.28. The van der Waals surface area contributed by atoms with Crippen molar-refractivity contribution in [2.45, 2.75) is 12.2 Å². The number of nitrogens with one attached hydrogen (secondary N) is 5. The van der Waals surface area contributed by atoms with Crippen molar-refractivity contribution in [3.05, 3.63) is 57.6 Å². The maximum absolute atomic E-state index is 13.2. The molecule has 18 heteroatoms. The van der Waals surface area contributed by atoms with Gasteiger partial charge in [-0.3, -0.25) is 14.4 Å². The van der Waals surface area contributed by atoms with E-state index < -0.39 is 58.8 Å². The summed E-state index contributed by atoms with van der Waals surface area (Å²) in [5.41, 5.74) is 1.04. The average Bonchev–Trinajstić information content (AvgIpc) is 2.98. The molecule has 45 heavy (non-hydrogen) atoms. The number of nitrogens with zero attached hydrogens (tertiary/aromatic N) is 2. The summed E-state index contributed by atoms with van der Waals surface area (Å²) in [5.74, 6) is -3.37. The number of carboxylic acids is 1. The van der Waals surface area contributed by atoms with Crippen molar-refractivity contribution in [2.75, 3.05) is 61.0 Å². The summed E-state index contributed by atoms with van der Waals surface area (Å²) in [6.45, 7) is -0.427. The lowest BCUT2D eigenvalue weighted by Gasteiger charge is -2.29. The molecule has 0 bridgehead atoms. The fourth-order valence-electron chi connectivity index (χ4n) is 4.38. The van der Waals surface area contributed by atoms with Crippen molar-refractivity contribution in [2.24, 2.45) is 4.99 Å². The fourth-order valence-corrected chi connectivity index (χ4v) is 6.23. The maximum atomic E-state index is 13.2. The van der Waals surface area contributed by atoms with Gasteiger partial charge in [0.2, 0.25) is 5.91 Å². The van der Waals surface area contributed by atoms with Crippen LogP contribution in [0.5, 0.6) is 0 Å². The minimum absolute atomic E-state index is 0.0156. The molecule has 6 N–H and O–H groups in total. The van der Waals surface area contributed by atoms with Crippen LogP contribution in [0.1, 0.15) is 20.7 Å². The number of anilines is 2. The van der Waals surface area contributed by atoms with Crippen molar-refractivity contribution in [3.8, 4) is 0 Å². The van der Waals surface area contributed by atoms with Gasteiger partial charge in [0.05, 0.1) is 46.7 Å². The van der Waals surface area contributed by atoms with Crippen molar-refractivity contribution in [3.63, 3.8) is 0 Å². The van der Waals surface area contributed by atoms with Crippen LogP contribution in [0, 0.1) is 0 Å². The molecule has 0 saturated carbocycles. The highest BCUT2D eigenvalue weighted by Crippen LogP contribution is 2.31. The number of carbonyl (C=O) groups excluding carboxylic acids is 3. The fraction of sp³-hybridized carbons (Fsp3) is 0.370. The number of rotatable bonds is 10. The predicted octanol–water partition coefficient (Wildman–Crippen LogP) is 0.667. The molecule has 0 aromatic heterocycles. The number of aliphatic imine (C=N–C) groups is 1. The Morgan fingerprint density at radius 1 is 1.07 bits per heavy atom. The number of carbonyl (C=O) groups is 4. The van der Waals surface area contributed by atoms with Crippen molar-refractivity contribution >= 4 is 74.1 Å². The highest BCUT2D eigenvalue weighted by molar-refractivity contribution is 7.91. The molecule has 1 unspecified atom stereocenters. The van der Waals surface area contributed by atoms with E-state index in [0.717, 1.165) is 0 Å². The van der Waals surface area contributed by atoms with E-state index in [4.69, 9.17) is 23.2 Å². The third kappa shape index (κ3) is 9.42. The summed E-state index contributed by atoms with van der Waals surface area (Å²) in [7, 11) is -3.12. The van der Waals surface area contributed by atoms with Crippen LogP contribution in [0.15, 0.2) is 41.4 Å². The van der Waals surface area contributed by atoms with Gasteiger partial charge in [0.15, 0.2) is 15.8 Å². The lowest BCUT2D eigenvalue weighted by molar-refractivity contribution is -0.139. The highest BCUT2D eigenvalue weighted by Gasteiger charge is 2.27. The monoisotopic (exact) mass is 685 g/mol. The molecule has 4 rings (SSSR count). The number of alkyl halides is 1. The molecule has 2 aromatic carbocycles. The van der Waals surface area contributed by atoms with Crippen LogP contribution in [0.25, 0.3) is 0 Å². The molecule has 3 amide bonds. The number of hydrogen-bond donors (Lipinski definition) is 6. The van der Waals surface area contributed by atoms with Gasteiger partial charge in [-0.1, -0.05) is 29.3 Å². The number of benzene rings is 2. The largest absolute Gasteiger partial charge is 0.480 e. The van der Waals surface area contributed by atoms with Crippen LogP contribution in [-0.2, 0) is 19.4 Å². The first-order valence-electron chi connectivity index (χ1n) is 13.6. The molecule has 1 fully saturated rings. The zero-order valence-corrected chi connectivity index (χ0v) is 25.9. The summed E-state index contributed by atoms with van der Waals surface area (Å²) in [6, 6.07) is 7.61. The second-order valence-electron chi connectivity index (χ2n) is 10.1. The molecule has 1 saturated heterocycles. The van der Waals surface area contributed by atoms with E-state index in [1.165, 1.54) is 24.3 Å². The third-order valence-corrected chi connectivity index (χ3v) is 9.01. The number of halogens is 3. The second kappa shape index (κ2) is 14.8. The number of amides is 3. The standard InChI is InChI=1S/C27H30Cl2FN7O7S/c28-19-9-18(37-4-6-45(43,44)7-5-37)10-20(29)23(19)25(40)36-21(26(41)42)13-31-22(38)14-32-24(39)15-2-1-3-17(8-15)35-27-33-11-16(30)12-34-27/h1-3,8-10,16,21H,4-7,11-14H2,(H,31,38)(H,32,39)(H,36,40)(H,41,42)(H2,33,34,35)/t21-/m1/s1. The molecule has 14 nitrogen and oxygen atoms in total. The van der Waals surface area contributed by atoms with E-state index >= 15 is 0 Å². The minimum Gasteiger partial charge on any atom is -0.480 e. The quantitative estimate of drug-likeness (QED) is 0.207. The van der Waals surface area contributed by atoms with Gasteiger partial charge < -0.3 is 36.6 Å². The first-order valence-corrected chi connectivity index (χ1v) is 16.2. The Hall–Kier alpha value is -4.15. The molecule has 2 aliphatic rings. The topological polar surface area (TPSA) is 198 Å². The summed E-state index contributed by atoms with van der Waals surface area (Å²) in [4.78, 5) is 55.5. The van der Waals surface area contributed by atoms with E-state index in [1.54, 1.807) is 17.0 Å². The number of carboxylic acid groups (broad SMARTS) is 1. The highest BCUT2D eigenvalue weighted by atomic mass is 35.5. The summed E-state index contributed by atoms with van der Waals surface area (Å²) in [5, 5.41) is 22.2. The van der Waals surface area contributed by atoms with E-state index in [1.807, 2.05) is 0 Å². The Morgan fingerprint density at radius 2 is 1.76 bits per heavy atom. The molecule has 0 aliphatic carbocycles. The van der Waals surface area contributed by atoms with Crippen LogP contribution in [0.2, 0.25) is 10.0 Å². The molecule has 2 heterocycles. The van der Waals surface area contributed by atoms with E-state index in [-0.39, 0.29) is 58.9 Å². The van der Waals surface area contributed by atoms with Crippen molar-refractivity contribution in [1.82, 2.24) is 21.3 Å². The number of aliphatic carboxylic acids is 1. The molecular weight excluding hydrogens is 656 g/mol. The second-order valence-corrected chi connectivity index (χ2v) is 13.3. The van der Waals surface area contributed by atoms with Crippen LogP contribution < -0.4 is 31.5 Å². The lowest BCUT2D eigenvalue weighted by atomic mass is 10.1. The Morgan fingerprint density at radius 3 is 2.38 bits per heavy atom. The lowest BCUT2D eigenvalue weighted by Crippen LogP contribution is -2.50. The van der Waals surface area contributed by atoms with Gasteiger partial charge in [-0.15, -0.1) is 0 Å². The SMILES string of the molecule is O=C(CNC(=O)c1cccc(NC2=NCC(F)CN2)c1)NC[C@@H](NC(=O)c1c(Cl)cc(N2CCS(=O)(=O)CC2)cc1Cl)C(=O)O. The van der Waals surface area contributed by atoms with Crippen molar-refractivity contribution < 1.29 is 37.1 Å². The number of sulfone groups is 1. The first kappa shape index (κ1) is 33.7. The summed E-state index contributed by atoms with van der Waals surface area (Å²) < 4.78 is 36.7. The summed E-state index contributed by atoms with van der Waals surface area (Å²) in [6.07, 6.45) is -1.08. The average molecular weight is 687 g/mol. The van der Waals surface area contributed by atoms with Gasteiger partial charge in [0, 0.05) is 36.6 Å². The van der Waals surface area contributed by atoms with Crippen LogP contribution in [0.4, 0.5) is 15.8 Å². The van der Waals surface area contributed by atoms with Crippen molar-refractivity contribution in [1.29, 1.82) is 0 Å². The maximum Gasteiger partial charge on any atom is 0.328 e. The predicted molar refractivity (Wildman–Crippen MR) is 167 cm³/mol. The van der Waals surface area contributed by atoms with Gasteiger partial charge in [-0.2, -0.15) is 0 Å². The molecule has 0 spiro atoms. The molecule has 2 aliphatic heterocycles. The van der Waals surface area contributed by atoms with Gasteiger partial charge in [0.25, 0.3) is 11.8 Å². The Kier molecular flexibility index (Phi) is 11.1. The zero-order chi connectivity index (χ0) is 32.7. The normalized spacial score (nSPS) is 18.1. The zero-order valence-electron chi connectivity index (χ0n) is 23.6. The number of hydrogen-bond acceptors (Lipinski definition) is 10. The van der Waals surface area contributed by atoms with Crippen LogP contribution in [-0.4, -0.2) is 106 Å². The van der Waals surface area contributed by atoms with Gasteiger partial charge >= 0.3 is 5.97 Å². The Bertz CT molecular complexity index is 1590. The minimum atomic E-state index is -3.12. The molecule has 2 atom stereocenters. The van der Waals surface area contributed by atoms with Gasteiger partial charge in [0.1, 0.15) is 12.2 Å². The number of guanidine groups is 1. The van der Waals surface area contributed by atoms with E-state index in [0.29, 0.717) is 17.3 Å². The summed E-state index contributed by atoms with van der Waals surface area (Å²) >= 11 is 12.6. The van der Waals surface area contributed by atoms with Gasteiger partial charge in [-0.25, -0.2) is 22.6 Å². The third-order valence-electron chi connectivity index (χ3n) is 6.81. The van der Waals surface area contributed by atoms with Crippen LogP contribution >= 0.6 is 23.2 Å². The molecular formula is C27H30Cl2FN7O7S. The molecule has 0 radical (unpaired) electrons. The molecule has 2 aromatic rings. The van der Waals surface area contributed by atoms with Gasteiger partial charge in [-0.05, 0) is 30.3 Å². The molecule has 242 valence electrons. The Labute approximate surface area is 267 Å². The van der Waals surface area contributed by atoms with E-state index in [2.05, 4.69) is 31.6 Å². The first-order chi connectivity index (χ1) is 21.3. The smallest absolute Gasteiger partial charge is 0.328 e. The van der Waals surface area contributed by atoms with E-state index in [9.17, 15) is 37.1 Å².